The van der Waals surface area contributed by atoms with Crippen molar-refractivity contribution < 1.29 is 24.5 Å². The van der Waals surface area contributed by atoms with E-state index >= 15 is 0 Å². The lowest BCUT2D eigenvalue weighted by atomic mass is 9.73. The van der Waals surface area contributed by atoms with Crippen LogP contribution in [0.25, 0.3) is 5.57 Å². The number of allylic oxidation sites excluding steroid dienone is 1. The highest BCUT2D eigenvalue weighted by molar-refractivity contribution is 6.17. The number of ether oxygens (including phenoxy) is 2. The van der Waals surface area contributed by atoms with E-state index in [1.54, 1.807) is 0 Å². The van der Waals surface area contributed by atoms with Crippen molar-refractivity contribution in [1.29, 1.82) is 0 Å². The van der Waals surface area contributed by atoms with Crippen molar-refractivity contribution in [2.75, 3.05) is 6.61 Å². The third-order valence-electron chi connectivity index (χ3n) is 8.15. The summed E-state index contributed by atoms with van der Waals surface area (Å²) in [6.07, 6.45) is 11.9. The number of carbonyl (C=O) groups is 1. The Bertz CT molecular complexity index is 932. The molecule has 0 bridgehead atoms. The lowest BCUT2D eigenvalue weighted by Crippen LogP contribution is -2.30. The van der Waals surface area contributed by atoms with E-state index in [9.17, 15) is 15.0 Å². The van der Waals surface area contributed by atoms with Gasteiger partial charge in [0.05, 0.1) is 24.4 Å². The topological polar surface area (TPSA) is 76.0 Å². The summed E-state index contributed by atoms with van der Waals surface area (Å²) in [4.78, 5) is 12.5. The highest BCUT2D eigenvalue weighted by atomic mass is 16.5. The lowest BCUT2D eigenvalue weighted by molar-refractivity contribution is -0.141. The Kier molecular flexibility index (Phi) is 10.4. The molecule has 36 heavy (non-hydrogen) atoms. The van der Waals surface area contributed by atoms with E-state index in [2.05, 4.69) is 27.7 Å². The quantitative estimate of drug-likeness (QED) is 0.236. The SMILES string of the molecule is CCC(C)(CCCC(O)C(O)CCCCOC1=CC2OC(=O)C(c3ccccc3)=CC2C=C1)C(C)C. The predicted molar refractivity (Wildman–Crippen MR) is 144 cm³/mol. The van der Waals surface area contributed by atoms with Crippen molar-refractivity contribution in [1.82, 2.24) is 0 Å². The fourth-order valence-electron chi connectivity index (χ4n) is 4.90. The van der Waals surface area contributed by atoms with E-state index in [4.69, 9.17) is 9.47 Å². The van der Waals surface area contributed by atoms with Crippen molar-refractivity contribution in [2.24, 2.45) is 17.3 Å². The molecule has 5 atom stereocenters. The Balaban J connectivity index is 1.35. The molecule has 1 aliphatic heterocycles. The summed E-state index contributed by atoms with van der Waals surface area (Å²) in [5.74, 6) is 0.991. The zero-order chi connectivity index (χ0) is 26.1. The van der Waals surface area contributed by atoms with Gasteiger partial charge in [0.1, 0.15) is 11.9 Å². The third kappa shape index (κ3) is 7.57. The molecule has 2 N–H and O–H groups in total. The Morgan fingerprint density at radius 2 is 1.72 bits per heavy atom. The molecule has 5 heteroatoms. The van der Waals surface area contributed by atoms with Crippen molar-refractivity contribution in [2.45, 2.75) is 91.0 Å². The largest absolute Gasteiger partial charge is 0.494 e. The van der Waals surface area contributed by atoms with Crippen molar-refractivity contribution in [3.8, 4) is 0 Å². The van der Waals surface area contributed by atoms with Gasteiger partial charge >= 0.3 is 5.97 Å². The first-order valence-electron chi connectivity index (χ1n) is 13.6. The van der Waals surface area contributed by atoms with Gasteiger partial charge in [-0.3, -0.25) is 0 Å². The molecule has 2 aliphatic rings. The average Bonchev–Trinajstić information content (AvgIpc) is 2.88. The van der Waals surface area contributed by atoms with E-state index in [1.165, 1.54) is 0 Å². The molecule has 0 saturated heterocycles. The number of rotatable bonds is 14. The Morgan fingerprint density at radius 3 is 2.39 bits per heavy atom. The number of fused-ring (bicyclic) bond motifs is 1. The normalized spacial score (nSPS) is 22.7. The summed E-state index contributed by atoms with van der Waals surface area (Å²) in [6.45, 7) is 9.57. The second-order valence-electron chi connectivity index (χ2n) is 10.9. The van der Waals surface area contributed by atoms with Gasteiger partial charge in [-0.05, 0) is 61.2 Å². The Labute approximate surface area is 216 Å². The van der Waals surface area contributed by atoms with Gasteiger partial charge in [0.25, 0.3) is 0 Å². The van der Waals surface area contributed by atoms with Crippen LogP contribution >= 0.6 is 0 Å². The maximum Gasteiger partial charge on any atom is 0.339 e. The highest BCUT2D eigenvalue weighted by Crippen LogP contribution is 2.36. The van der Waals surface area contributed by atoms with Crippen molar-refractivity contribution in [3.63, 3.8) is 0 Å². The summed E-state index contributed by atoms with van der Waals surface area (Å²) in [6, 6.07) is 9.57. The summed E-state index contributed by atoms with van der Waals surface area (Å²) >= 11 is 0. The van der Waals surface area contributed by atoms with Crippen LogP contribution in [0.5, 0.6) is 0 Å². The highest BCUT2D eigenvalue weighted by Gasteiger charge is 2.31. The molecule has 0 amide bonds. The molecule has 3 rings (SSSR count). The maximum absolute atomic E-state index is 12.5. The fraction of sp³-hybridized carbons (Fsp3) is 0.581. The molecule has 0 saturated carbocycles. The van der Waals surface area contributed by atoms with Gasteiger partial charge in [-0.15, -0.1) is 0 Å². The van der Waals surface area contributed by atoms with Crippen LogP contribution in [0.15, 0.2) is 60.4 Å². The third-order valence-corrected chi connectivity index (χ3v) is 8.15. The number of esters is 1. The van der Waals surface area contributed by atoms with Gasteiger partial charge in [-0.1, -0.05) is 83.0 Å². The monoisotopic (exact) mass is 496 g/mol. The van der Waals surface area contributed by atoms with Crippen molar-refractivity contribution in [3.05, 3.63) is 66.0 Å². The molecular weight excluding hydrogens is 452 g/mol. The summed E-state index contributed by atoms with van der Waals surface area (Å²) < 4.78 is 11.5. The number of unbranched alkanes of at least 4 members (excludes halogenated alkanes) is 1. The number of hydrogen-bond acceptors (Lipinski definition) is 5. The molecule has 0 spiro atoms. The molecule has 1 aromatic carbocycles. The van der Waals surface area contributed by atoms with Gasteiger partial charge in [0.2, 0.25) is 0 Å². The standard InChI is InChI=1S/C31H44O5/c1-5-31(4,22(2)3)18-11-15-28(33)27(32)14-9-10-19-35-25-17-16-24-20-26(23-12-7-6-8-13-23)30(34)36-29(24)21-25/h6-8,12-13,16-17,20-22,24,27-29,32-33H,5,9-11,14-15,18-19H2,1-4H3. The molecule has 0 radical (unpaired) electrons. The Hall–Kier alpha value is -2.37. The predicted octanol–water partition coefficient (Wildman–Crippen LogP) is 6.22. The van der Waals surface area contributed by atoms with E-state index < -0.39 is 12.2 Å². The van der Waals surface area contributed by atoms with Crippen LogP contribution in [-0.4, -0.2) is 41.1 Å². The average molecular weight is 497 g/mol. The zero-order valence-corrected chi connectivity index (χ0v) is 22.4. The number of aliphatic hydroxyl groups is 2. The molecule has 5 unspecified atom stereocenters. The number of hydrogen-bond donors (Lipinski definition) is 2. The van der Waals surface area contributed by atoms with Crippen LogP contribution < -0.4 is 0 Å². The van der Waals surface area contributed by atoms with Crippen LogP contribution in [-0.2, 0) is 14.3 Å². The minimum atomic E-state index is -0.696. The first kappa shape index (κ1) is 28.2. The Morgan fingerprint density at radius 1 is 1.03 bits per heavy atom. The van der Waals surface area contributed by atoms with Gasteiger partial charge in [0, 0.05) is 5.92 Å². The summed E-state index contributed by atoms with van der Waals surface area (Å²) in [7, 11) is 0. The molecule has 0 aromatic heterocycles. The molecule has 5 nitrogen and oxygen atoms in total. The second kappa shape index (κ2) is 13.3. The van der Waals surface area contributed by atoms with E-state index in [0.717, 1.165) is 37.7 Å². The minimum Gasteiger partial charge on any atom is -0.494 e. The van der Waals surface area contributed by atoms with Gasteiger partial charge in [0.15, 0.2) is 0 Å². The first-order valence-corrected chi connectivity index (χ1v) is 13.6. The fourth-order valence-corrected chi connectivity index (χ4v) is 4.90. The van der Waals surface area contributed by atoms with E-state index in [-0.39, 0.29) is 18.0 Å². The molecule has 1 aromatic rings. The smallest absolute Gasteiger partial charge is 0.339 e. The molecule has 1 aliphatic carbocycles. The van der Waals surface area contributed by atoms with Gasteiger partial charge < -0.3 is 19.7 Å². The second-order valence-corrected chi connectivity index (χ2v) is 10.9. The summed E-state index contributed by atoms with van der Waals surface area (Å²) in [5.41, 5.74) is 1.75. The van der Waals surface area contributed by atoms with Crippen LogP contribution in [0.3, 0.4) is 0 Å². The van der Waals surface area contributed by atoms with Crippen molar-refractivity contribution >= 4 is 11.5 Å². The molecule has 1 heterocycles. The number of aliphatic hydroxyl groups excluding tert-OH is 2. The van der Waals surface area contributed by atoms with Gasteiger partial charge in [-0.2, -0.15) is 0 Å². The number of carbonyl (C=O) groups excluding carboxylic acids is 1. The van der Waals surface area contributed by atoms with Crippen LogP contribution in [0.4, 0.5) is 0 Å². The van der Waals surface area contributed by atoms with E-state index in [0.29, 0.717) is 42.1 Å². The number of benzene rings is 1. The molecule has 198 valence electrons. The van der Waals surface area contributed by atoms with Crippen LogP contribution in [0.1, 0.15) is 78.2 Å². The van der Waals surface area contributed by atoms with Crippen LogP contribution in [0.2, 0.25) is 0 Å². The lowest BCUT2D eigenvalue weighted by Gasteiger charge is -2.33. The minimum absolute atomic E-state index is 0.00220. The maximum atomic E-state index is 12.5. The first-order chi connectivity index (χ1) is 17.2. The van der Waals surface area contributed by atoms with Crippen LogP contribution in [0, 0.1) is 17.3 Å². The summed E-state index contributed by atoms with van der Waals surface area (Å²) in [5, 5.41) is 20.7. The van der Waals surface area contributed by atoms with E-state index in [1.807, 2.05) is 54.6 Å². The zero-order valence-electron chi connectivity index (χ0n) is 22.4. The molecular formula is C31H44O5. The van der Waals surface area contributed by atoms with Gasteiger partial charge in [-0.25, -0.2) is 4.79 Å². The molecule has 0 fully saturated rings.